The lowest BCUT2D eigenvalue weighted by molar-refractivity contribution is 0.414. The molecule has 1 nitrogen and oxygen atoms in total. The summed E-state index contributed by atoms with van der Waals surface area (Å²) >= 11 is 5.90. The molecule has 74 valence electrons. The molecule has 1 aromatic rings. The molecule has 1 rings (SSSR count). The van der Waals surface area contributed by atoms with E-state index in [-0.39, 0.29) is 0 Å². The molecule has 0 N–H and O–H groups in total. The SMILES string of the molecule is CC.CCc1cc(OC)ccc1Cl. The number of aryl methyl sites for hydroxylation is 1. The van der Waals surface area contributed by atoms with Crippen molar-refractivity contribution in [3.63, 3.8) is 0 Å². The second kappa shape index (κ2) is 6.79. The minimum absolute atomic E-state index is 0.813. The summed E-state index contributed by atoms with van der Waals surface area (Å²) in [5.74, 6) is 0.867. The van der Waals surface area contributed by atoms with Gasteiger partial charge >= 0.3 is 0 Å². The highest BCUT2D eigenvalue weighted by atomic mass is 35.5. The first-order chi connectivity index (χ1) is 6.27. The summed E-state index contributed by atoms with van der Waals surface area (Å²) in [4.78, 5) is 0. The van der Waals surface area contributed by atoms with Crippen LogP contribution in [0.25, 0.3) is 0 Å². The monoisotopic (exact) mass is 200 g/mol. The van der Waals surface area contributed by atoms with E-state index >= 15 is 0 Å². The molecule has 0 heterocycles. The molecule has 0 fully saturated rings. The normalized spacial score (nSPS) is 8.69. The maximum atomic E-state index is 5.90. The molecule has 0 aliphatic heterocycles. The molecule has 1 aromatic carbocycles. The summed E-state index contributed by atoms with van der Waals surface area (Å²) in [6.07, 6.45) is 0.941. The summed E-state index contributed by atoms with van der Waals surface area (Å²) in [6, 6.07) is 5.68. The first-order valence-corrected chi connectivity index (χ1v) is 4.98. The molecule has 0 atom stereocenters. The first kappa shape index (κ1) is 12.3. The molecule has 0 saturated heterocycles. The number of ether oxygens (including phenoxy) is 1. The molecule has 0 unspecified atom stereocenters. The van der Waals surface area contributed by atoms with E-state index in [9.17, 15) is 0 Å². The van der Waals surface area contributed by atoms with Crippen molar-refractivity contribution in [2.45, 2.75) is 27.2 Å². The number of halogens is 1. The number of rotatable bonds is 2. The fourth-order valence-electron chi connectivity index (χ4n) is 0.949. The Hall–Kier alpha value is -0.690. The third kappa shape index (κ3) is 3.69. The van der Waals surface area contributed by atoms with Gasteiger partial charge in [-0.05, 0) is 30.2 Å². The van der Waals surface area contributed by atoms with Gasteiger partial charge < -0.3 is 4.74 Å². The van der Waals surface area contributed by atoms with E-state index in [2.05, 4.69) is 6.92 Å². The maximum Gasteiger partial charge on any atom is 0.119 e. The van der Waals surface area contributed by atoms with E-state index in [4.69, 9.17) is 16.3 Å². The smallest absolute Gasteiger partial charge is 0.119 e. The van der Waals surface area contributed by atoms with Crippen molar-refractivity contribution >= 4 is 11.6 Å². The van der Waals surface area contributed by atoms with Crippen LogP contribution in [0.1, 0.15) is 26.3 Å². The van der Waals surface area contributed by atoms with E-state index in [0.29, 0.717) is 0 Å². The predicted octanol–water partition coefficient (Wildman–Crippen LogP) is 3.94. The lowest BCUT2D eigenvalue weighted by Crippen LogP contribution is -1.86. The number of hydrogen-bond acceptors (Lipinski definition) is 1. The summed E-state index contributed by atoms with van der Waals surface area (Å²) < 4.78 is 5.05. The van der Waals surface area contributed by atoms with Crippen LogP contribution in [0.2, 0.25) is 5.02 Å². The van der Waals surface area contributed by atoms with E-state index in [0.717, 1.165) is 22.8 Å². The molecule has 0 aliphatic rings. The summed E-state index contributed by atoms with van der Waals surface area (Å²) in [5.41, 5.74) is 1.13. The van der Waals surface area contributed by atoms with Crippen LogP contribution in [-0.2, 0) is 6.42 Å². The summed E-state index contributed by atoms with van der Waals surface area (Å²) in [7, 11) is 1.66. The van der Waals surface area contributed by atoms with Crippen molar-refractivity contribution < 1.29 is 4.74 Å². The molecule has 0 amide bonds. The van der Waals surface area contributed by atoms with E-state index in [1.807, 2.05) is 32.0 Å². The van der Waals surface area contributed by atoms with Crippen molar-refractivity contribution in [2.24, 2.45) is 0 Å². The summed E-state index contributed by atoms with van der Waals surface area (Å²) in [6.45, 7) is 6.07. The molecule has 2 heteroatoms. The largest absolute Gasteiger partial charge is 0.497 e. The van der Waals surface area contributed by atoms with E-state index < -0.39 is 0 Å². The molecule has 0 aromatic heterocycles. The molecule has 0 radical (unpaired) electrons. The average molecular weight is 201 g/mol. The van der Waals surface area contributed by atoms with Crippen LogP contribution >= 0.6 is 11.6 Å². The van der Waals surface area contributed by atoms with Crippen molar-refractivity contribution in [1.82, 2.24) is 0 Å². The van der Waals surface area contributed by atoms with Gasteiger partial charge in [0.25, 0.3) is 0 Å². The fraction of sp³-hybridized carbons (Fsp3) is 0.455. The number of hydrogen-bond donors (Lipinski definition) is 0. The predicted molar refractivity (Wildman–Crippen MR) is 58.7 cm³/mol. The second-order valence-electron chi connectivity index (χ2n) is 2.31. The van der Waals surface area contributed by atoms with Gasteiger partial charge in [0.2, 0.25) is 0 Å². The van der Waals surface area contributed by atoms with Gasteiger partial charge in [0, 0.05) is 5.02 Å². The third-order valence-electron chi connectivity index (χ3n) is 1.63. The Bertz CT molecular complexity index is 246. The standard InChI is InChI=1S/C9H11ClO.C2H6/c1-3-7-6-8(11-2)4-5-9(7)10;1-2/h4-6H,3H2,1-2H3;1-2H3. The Labute approximate surface area is 85.7 Å². The van der Waals surface area contributed by atoms with Crippen LogP contribution in [-0.4, -0.2) is 7.11 Å². The third-order valence-corrected chi connectivity index (χ3v) is 2.00. The van der Waals surface area contributed by atoms with Crippen LogP contribution in [0.3, 0.4) is 0 Å². The number of benzene rings is 1. The fourth-order valence-corrected chi connectivity index (χ4v) is 1.20. The zero-order valence-corrected chi connectivity index (χ0v) is 9.48. The van der Waals surface area contributed by atoms with Crippen LogP contribution in [0.15, 0.2) is 18.2 Å². The Morgan fingerprint density at radius 1 is 1.31 bits per heavy atom. The quantitative estimate of drug-likeness (QED) is 0.703. The van der Waals surface area contributed by atoms with Crippen molar-refractivity contribution in [1.29, 1.82) is 0 Å². The number of methoxy groups -OCH3 is 1. The van der Waals surface area contributed by atoms with Crippen molar-refractivity contribution in [2.75, 3.05) is 7.11 Å². The van der Waals surface area contributed by atoms with Gasteiger partial charge in [-0.25, -0.2) is 0 Å². The van der Waals surface area contributed by atoms with Gasteiger partial charge in [-0.15, -0.1) is 0 Å². The van der Waals surface area contributed by atoms with E-state index in [1.54, 1.807) is 7.11 Å². The lowest BCUT2D eigenvalue weighted by Gasteiger charge is -2.03. The Morgan fingerprint density at radius 3 is 2.38 bits per heavy atom. The molecule has 0 saturated carbocycles. The molecule has 13 heavy (non-hydrogen) atoms. The average Bonchev–Trinajstić information content (AvgIpc) is 2.22. The van der Waals surface area contributed by atoms with Gasteiger partial charge in [0.1, 0.15) is 5.75 Å². The van der Waals surface area contributed by atoms with Gasteiger partial charge in [0.05, 0.1) is 7.11 Å². The molecule has 0 bridgehead atoms. The van der Waals surface area contributed by atoms with Crippen LogP contribution in [0.4, 0.5) is 0 Å². The molecule has 0 spiro atoms. The minimum atomic E-state index is 0.813. The van der Waals surface area contributed by atoms with Gasteiger partial charge in [-0.1, -0.05) is 32.4 Å². The highest BCUT2D eigenvalue weighted by Gasteiger charge is 1.98. The van der Waals surface area contributed by atoms with Gasteiger partial charge in [0.15, 0.2) is 0 Å². The topological polar surface area (TPSA) is 9.23 Å². The van der Waals surface area contributed by atoms with Crippen LogP contribution < -0.4 is 4.74 Å². The Kier molecular flexibility index (Phi) is 6.43. The highest BCUT2D eigenvalue weighted by Crippen LogP contribution is 2.21. The van der Waals surface area contributed by atoms with Crippen LogP contribution in [0.5, 0.6) is 5.75 Å². The maximum absolute atomic E-state index is 5.90. The molecule has 0 aliphatic carbocycles. The lowest BCUT2D eigenvalue weighted by atomic mass is 10.2. The Morgan fingerprint density at radius 2 is 1.92 bits per heavy atom. The minimum Gasteiger partial charge on any atom is -0.497 e. The zero-order valence-electron chi connectivity index (χ0n) is 8.73. The van der Waals surface area contributed by atoms with Crippen molar-refractivity contribution in [3.8, 4) is 5.75 Å². The highest BCUT2D eigenvalue weighted by molar-refractivity contribution is 6.31. The Balaban J connectivity index is 0.000000671. The molecular weight excluding hydrogens is 184 g/mol. The second-order valence-corrected chi connectivity index (χ2v) is 2.72. The van der Waals surface area contributed by atoms with Gasteiger partial charge in [-0.3, -0.25) is 0 Å². The van der Waals surface area contributed by atoms with Gasteiger partial charge in [-0.2, -0.15) is 0 Å². The van der Waals surface area contributed by atoms with E-state index in [1.165, 1.54) is 0 Å². The zero-order chi connectivity index (χ0) is 10.3. The van der Waals surface area contributed by atoms with Crippen LogP contribution in [0, 0.1) is 0 Å². The summed E-state index contributed by atoms with van der Waals surface area (Å²) in [5, 5.41) is 0.813. The molecular formula is C11H17ClO. The first-order valence-electron chi connectivity index (χ1n) is 4.60. The van der Waals surface area contributed by atoms with Crippen molar-refractivity contribution in [3.05, 3.63) is 28.8 Å².